The van der Waals surface area contributed by atoms with E-state index in [0.717, 1.165) is 22.2 Å². The number of rotatable bonds is 6. The Morgan fingerprint density at radius 2 is 1.90 bits per heavy atom. The maximum absolute atomic E-state index is 12.3. The normalized spacial score (nSPS) is 10.7. The number of carbonyl (C=O) groups excluding carboxylic acids is 1. The Kier molecular flexibility index (Phi) is 5.13. The Morgan fingerprint density at radius 1 is 1.13 bits per heavy atom. The van der Waals surface area contributed by atoms with Crippen LogP contribution in [0.2, 0.25) is 0 Å². The van der Waals surface area contributed by atoms with Gasteiger partial charge in [0.25, 0.3) is 11.6 Å². The second-order valence-electron chi connectivity index (χ2n) is 6.72. The number of aromatic amines is 1. The lowest BCUT2D eigenvalue weighted by Crippen LogP contribution is -2.20. The molecule has 2 N–H and O–H groups in total. The molecular formula is C22H18N4O4. The topological polar surface area (TPSA) is 110 Å². The zero-order valence-corrected chi connectivity index (χ0v) is 16.1. The molecule has 30 heavy (non-hydrogen) atoms. The molecule has 0 fully saturated rings. The number of hydrogen-bond donors (Lipinski definition) is 2. The van der Waals surface area contributed by atoms with Crippen molar-refractivity contribution >= 4 is 28.3 Å². The molecule has 1 aromatic heterocycles. The molecule has 4 rings (SSSR count). The van der Waals surface area contributed by atoms with Crippen molar-refractivity contribution in [2.75, 3.05) is 11.9 Å². The van der Waals surface area contributed by atoms with Crippen molar-refractivity contribution in [1.82, 2.24) is 9.97 Å². The van der Waals surface area contributed by atoms with Gasteiger partial charge in [-0.15, -0.1) is 0 Å². The van der Waals surface area contributed by atoms with Crippen LogP contribution in [-0.2, 0) is 4.79 Å². The highest BCUT2D eigenvalue weighted by molar-refractivity contribution is 5.93. The summed E-state index contributed by atoms with van der Waals surface area (Å²) in [6.45, 7) is 1.68. The molecule has 150 valence electrons. The van der Waals surface area contributed by atoms with E-state index in [1.54, 1.807) is 0 Å². The number of non-ortho nitro benzene ring substituents is 1. The lowest BCUT2D eigenvalue weighted by Gasteiger charge is -2.11. The van der Waals surface area contributed by atoms with E-state index < -0.39 is 4.92 Å². The summed E-state index contributed by atoms with van der Waals surface area (Å²) in [5, 5.41) is 13.5. The summed E-state index contributed by atoms with van der Waals surface area (Å²) in [6.07, 6.45) is 0. The van der Waals surface area contributed by atoms with Crippen molar-refractivity contribution < 1.29 is 14.5 Å². The van der Waals surface area contributed by atoms with Crippen LogP contribution in [-0.4, -0.2) is 27.4 Å². The number of para-hydroxylation sites is 2. The minimum Gasteiger partial charge on any atom is -0.484 e. The number of aromatic nitrogens is 2. The Balaban J connectivity index is 1.45. The molecule has 0 radical (unpaired) electrons. The number of fused-ring (bicyclic) bond motifs is 1. The number of imidazole rings is 1. The summed E-state index contributed by atoms with van der Waals surface area (Å²) in [6, 6.07) is 19.0. The third-order valence-electron chi connectivity index (χ3n) is 4.59. The van der Waals surface area contributed by atoms with Gasteiger partial charge >= 0.3 is 0 Å². The third-order valence-corrected chi connectivity index (χ3v) is 4.59. The lowest BCUT2D eigenvalue weighted by molar-refractivity contribution is -0.384. The zero-order valence-electron chi connectivity index (χ0n) is 16.1. The van der Waals surface area contributed by atoms with Crippen molar-refractivity contribution in [3.05, 3.63) is 82.4 Å². The van der Waals surface area contributed by atoms with Crippen LogP contribution in [0.15, 0.2) is 66.7 Å². The van der Waals surface area contributed by atoms with E-state index in [1.807, 2.05) is 49.4 Å². The first-order valence-electron chi connectivity index (χ1n) is 9.22. The number of anilines is 1. The van der Waals surface area contributed by atoms with Crippen molar-refractivity contribution in [3.63, 3.8) is 0 Å². The van der Waals surface area contributed by atoms with E-state index in [-0.39, 0.29) is 18.2 Å². The predicted molar refractivity (Wildman–Crippen MR) is 113 cm³/mol. The van der Waals surface area contributed by atoms with Crippen molar-refractivity contribution in [3.8, 4) is 17.1 Å². The first kappa shape index (κ1) is 19.1. The molecule has 0 saturated heterocycles. The average molecular weight is 402 g/mol. The van der Waals surface area contributed by atoms with Crippen molar-refractivity contribution in [2.45, 2.75) is 6.92 Å². The predicted octanol–water partition coefficient (Wildman–Crippen LogP) is 4.46. The number of nitrogens with one attached hydrogen (secondary N) is 2. The van der Waals surface area contributed by atoms with E-state index in [0.29, 0.717) is 17.3 Å². The van der Waals surface area contributed by atoms with Gasteiger partial charge in [-0.05, 0) is 42.8 Å². The quantitative estimate of drug-likeness (QED) is 0.365. The SMILES string of the molecule is Cc1ccc(-c2nc3ccccc3[nH]2)cc1NC(=O)COc1ccc([N+](=O)[O-])cc1. The molecule has 0 aliphatic heterocycles. The maximum Gasteiger partial charge on any atom is 0.269 e. The molecule has 4 aromatic rings. The van der Waals surface area contributed by atoms with Gasteiger partial charge in [0, 0.05) is 23.4 Å². The smallest absolute Gasteiger partial charge is 0.269 e. The molecule has 0 atom stereocenters. The number of benzene rings is 3. The molecule has 0 saturated carbocycles. The zero-order chi connectivity index (χ0) is 21.1. The standard InChI is InChI=1S/C22H18N4O4/c1-14-6-7-15(22-24-18-4-2-3-5-19(18)25-22)12-20(14)23-21(27)13-30-17-10-8-16(9-11-17)26(28)29/h2-12H,13H2,1H3,(H,23,27)(H,24,25). The van der Waals surface area contributed by atoms with E-state index in [2.05, 4.69) is 15.3 Å². The number of hydrogen-bond acceptors (Lipinski definition) is 5. The second-order valence-corrected chi connectivity index (χ2v) is 6.72. The van der Waals surface area contributed by atoms with E-state index in [4.69, 9.17) is 4.74 Å². The number of ether oxygens (including phenoxy) is 1. The summed E-state index contributed by atoms with van der Waals surface area (Å²) in [5.41, 5.74) is 4.18. The average Bonchev–Trinajstić information content (AvgIpc) is 3.18. The third kappa shape index (κ3) is 4.12. The first-order chi connectivity index (χ1) is 14.5. The van der Waals surface area contributed by atoms with Gasteiger partial charge in [-0.2, -0.15) is 0 Å². The Hall–Kier alpha value is -4.20. The number of nitro benzene ring substituents is 1. The summed E-state index contributed by atoms with van der Waals surface area (Å²) < 4.78 is 5.42. The van der Waals surface area contributed by atoms with Crippen LogP contribution in [0.3, 0.4) is 0 Å². The van der Waals surface area contributed by atoms with Gasteiger partial charge in [-0.3, -0.25) is 14.9 Å². The van der Waals surface area contributed by atoms with Gasteiger partial charge in [-0.1, -0.05) is 24.3 Å². The summed E-state index contributed by atoms with van der Waals surface area (Å²) in [5.74, 6) is 0.760. The van der Waals surface area contributed by atoms with Crippen LogP contribution in [0.1, 0.15) is 5.56 Å². The minimum atomic E-state index is -0.492. The van der Waals surface area contributed by atoms with E-state index >= 15 is 0 Å². The Bertz CT molecular complexity index is 1200. The fraction of sp³-hybridized carbons (Fsp3) is 0.0909. The molecule has 0 bridgehead atoms. The van der Waals surface area contributed by atoms with Crippen LogP contribution in [0, 0.1) is 17.0 Å². The van der Waals surface area contributed by atoms with Gasteiger partial charge in [0.1, 0.15) is 11.6 Å². The Morgan fingerprint density at radius 3 is 2.63 bits per heavy atom. The highest BCUT2D eigenvalue weighted by Gasteiger charge is 2.11. The molecule has 1 heterocycles. The molecule has 0 aliphatic carbocycles. The monoisotopic (exact) mass is 402 g/mol. The van der Waals surface area contributed by atoms with Crippen LogP contribution in [0.25, 0.3) is 22.4 Å². The maximum atomic E-state index is 12.3. The summed E-state index contributed by atoms with van der Waals surface area (Å²) >= 11 is 0. The first-order valence-corrected chi connectivity index (χ1v) is 9.22. The van der Waals surface area contributed by atoms with Gasteiger partial charge < -0.3 is 15.0 Å². The molecule has 8 heteroatoms. The largest absolute Gasteiger partial charge is 0.484 e. The van der Waals surface area contributed by atoms with Gasteiger partial charge in [0.05, 0.1) is 16.0 Å². The number of carbonyl (C=O) groups is 1. The fourth-order valence-corrected chi connectivity index (χ4v) is 2.99. The lowest BCUT2D eigenvalue weighted by atomic mass is 10.1. The molecule has 8 nitrogen and oxygen atoms in total. The fourth-order valence-electron chi connectivity index (χ4n) is 2.99. The number of amides is 1. The van der Waals surface area contributed by atoms with Crippen molar-refractivity contribution in [1.29, 1.82) is 0 Å². The molecule has 0 unspecified atom stereocenters. The number of nitrogens with zero attached hydrogens (tertiary/aromatic N) is 2. The van der Waals surface area contributed by atoms with Crippen LogP contribution in [0.5, 0.6) is 5.75 Å². The van der Waals surface area contributed by atoms with Gasteiger partial charge in [0.15, 0.2) is 6.61 Å². The second kappa shape index (κ2) is 8.04. The van der Waals surface area contributed by atoms with Crippen LogP contribution in [0.4, 0.5) is 11.4 Å². The van der Waals surface area contributed by atoms with Crippen LogP contribution < -0.4 is 10.1 Å². The highest BCUT2D eigenvalue weighted by atomic mass is 16.6. The van der Waals surface area contributed by atoms with Crippen LogP contribution >= 0.6 is 0 Å². The van der Waals surface area contributed by atoms with Crippen molar-refractivity contribution in [2.24, 2.45) is 0 Å². The van der Waals surface area contributed by atoms with Gasteiger partial charge in [0.2, 0.25) is 0 Å². The summed E-state index contributed by atoms with van der Waals surface area (Å²) in [7, 11) is 0. The minimum absolute atomic E-state index is 0.0372. The molecular weight excluding hydrogens is 384 g/mol. The number of nitro groups is 1. The molecule has 0 aliphatic rings. The summed E-state index contributed by atoms with van der Waals surface area (Å²) in [4.78, 5) is 30.4. The van der Waals surface area contributed by atoms with Gasteiger partial charge in [-0.25, -0.2) is 4.98 Å². The highest BCUT2D eigenvalue weighted by Crippen LogP contribution is 2.25. The Labute approximate surface area is 171 Å². The van der Waals surface area contributed by atoms with E-state index in [1.165, 1.54) is 24.3 Å². The molecule has 0 spiro atoms. The molecule has 1 amide bonds. The number of H-pyrrole nitrogens is 1. The van der Waals surface area contributed by atoms with E-state index in [9.17, 15) is 14.9 Å². The molecule has 3 aromatic carbocycles. The number of aryl methyl sites for hydroxylation is 1.